The van der Waals surface area contributed by atoms with Gasteiger partial charge in [0.05, 0.1) is 0 Å². The van der Waals surface area contributed by atoms with Crippen LogP contribution in [0.15, 0.2) is 12.1 Å². The maximum absolute atomic E-state index is 12.1. The number of carbonyl (C=O) groups excluding carboxylic acids is 1. The van der Waals surface area contributed by atoms with Gasteiger partial charge in [0.2, 0.25) is 0 Å². The van der Waals surface area contributed by atoms with E-state index >= 15 is 0 Å². The predicted octanol–water partition coefficient (Wildman–Crippen LogP) is 2.15. The molecule has 0 aliphatic carbocycles. The molecule has 0 aromatic carbocycles. The largest absolute Gasteiger partial charge is 0.431 e. The van der Waals surface area contributed by atoms with E-state index in [0.29, 0.717) is 10.6 Å². The number of halogens is 4. The smallest absolute Gasteiger partial charge is 0.335 e. The summed E-state index contributed by atoms with van der Waals surface area (Å²) in [7, 11) is 0.982. The average molecular weight is 195 g/mol. The molecular weight excluding hydrogens is 190 g/mol. The van der Waals surface area contributed by atoms with Crippen LogP contribution in [0.3, 0.4) is 0 Å². The molecule has 1 rings (SSSR count). The molecule has 13 heavy (non-hydrogen) atoms. The van der Waals surface area contributed by atoms with Gasteiger partial charge in [-0.05, 0) is 12.1 Å². The lowest BCUT2D eigenvalue weighted by molar-refractivity contribution is -0.143. The second-order valence-corrected chi connectivity index (χ2v) is 2.43. The van der Waals surface area contributed by atoms with Crippen LogP contribution >= 0.6 is 0 Å². The molecule has 1 aromatic rings. The molecule has 0 aliphatic rings. The number of carbonyl (C=O) groups is 1. The van der Waals surface area contributed by atoms with Crippen molar-refractivity contribution in [3.05, 3.63) is 23.5 Å². The molecule has 0 bridgehead atoms. The second-order valence-electron chi connectivity index (χ2n) is 2.43. The zero-order chi connectivity index (χ0) is 10.2. The molecule has 72 valence electrons. The van der Waals surface area contributed by atoms with E-state index in [1.54, 1.807) is 0 Å². The summed E-state index contributed by atoms with van der Waals surface area (Å²) in [5, 5.41) is 0. The monoisotopic (exact) mass is 195 g/mol. The fourth-order valence-corrected chi connectivity index (χ4v) is 0.993. The van der Waals surface area contributed by atoms with Gasteiger partial charge in [-0.3, -0.25) is 4.79 Å². The van der Waals surface area contributed by atoms with E-state index in [1.165, 1.54) is 0 Å². The Morgan fingerprint density at radius 2 is 1.92 bits per heavy atom. The predicted molar refractivity (Wildman–Crippen MR) is 35.9 cm³/mol. The van der Waals surface area contributed by atoms with Crippen molar-refractivity contribution in [1.29, 1.82) is 0 Å². The topological polar surface area (TPSA) is 22.0 Å². The standard InChI is InChI=1S/C7H5F4NO/c1-12-4(6(8)13)2-3-5(12)7(9,10)11/h2-3H,1H3. The lowest BCUT2D eigenvalue weighted by Gasteiger charge is -2.07. The van der Waals surface area contributed by atoms with Crippen LogP contribution in [0.2, 0.25) is 0 Å². The van der Waals surface area contributed by atoms with Crippen molar-refractivity contribution < 1.29 is 22.4 Å². The lowest BCUT2D eigenvalue weighted by atomic mass is 10.4. The van der Waals surface area contributed by atoms with E-state index in [1.807, 2.05) is 0 Å². The van der Waals surface area contributed by atoms with Crippen molar-refractivity contribution in [2.75, 3.05) is 0 Å². The van der Waals surface area contributed by atoms with E-state index in [-0.39, 0.29) is 0 Å². The molecule has 0 aliphatic heterocycles. The number of aromatic nitrogens is 1. The Kier molecular flexibility index (Phi) is 2.15. The number of hydrogen-bond acceptors (Lipinski definition) is 1. The highest BCUT2D eigenvalue weighted by Crippen LogP contribution is 2.30. The molecule has 0 unspecified atom stereocenters. The Bertz CT molecular complexity index is 339. The average Bonchev–Trinajstić information content (AvgIpc) is 2.28. The van der Waals surface area contributed by atoms with Gasteiger partial charge in [0, 0.05) is 7.05 Å². The first-order valence-electron chi connectivity index (χ1n) is 3.27. The summed E-state index contributed by atoms with van der Waals surface area (Å²) in [6.07, 6.45) is -4.57. The molecule has 6 heteroatoms. The molecule has 0 amide bonds. The minimum atomic E-state index is -4.57. The molecule has 0 fully saturated rings. The maximum atomic E-state index is 12.1. The Balaban J connectivity index is 3.22. The highest BCUT2D eigenvalue weighted by molar-refractivity contribution is 5.86. The first-order chi connectivity index (χ1) is 5.84. The van der Waals surface area contributed by atoms with Crippen molar-refractivity contribution >= 4 is 6.04 Å². The van der Waals surface area contributed by atoms with Crippen LogP contribution in [0, 0.1) is 0 Å². The van der Waals surface area contributed by atoms with Gasteiger partial charge in [0.25, 0.3) is 0 Å². The van der Waals surface area contributed by atoms with Crippen molar-refractivity contribution in [2.24, 2.45) is 7.05 Å². The van der Waals surface area contributed by atoms with Gasteiger partial charge in [-0.2, -0.15) is 17.6 Å². The molecule has 0 N–H and O–H groups in total. The Labute approximate surface area is 70.8 Å². The summed E-state index contributed by atoms with van der Waals surface area (Å²) < 4.78 is 48.8. The normalized spacial score (nSPS) is 11.8. The molecule has 0 saturated heterocycles. The van der Waals surface area contributed by atoms with Crippen molar-refractivity contribution in [1.82, 2.24) is 4.57 Å². The van der Waals surface area contributed by atoms with Gasteiger partial charge < -0.3 is 4.57 Å². The van der Waals surface area contributed by atoms with Gasteiger partial charge in [-0.15, -0.1) is 0 Å². The molecule has 0 spiro atoms. The van der Waals surface area contributed by atoms with E-state index in [0.717, 1.165) is 13.1 Å². The number of hydrogen-bond donors (Lipinski definition) is 0. The van der Waals surface area contributed by atoms with Crippen molar-refractivity contribution in [2.45, 2.75) is 6.18 Å². The van der Waals surface area contributed by atoms with Gasteiger partial charge in [-0.1, -0.05) is 0 Å². The van der Waals surface area contributed by atoms with Crippen molar-refractivity contribution in [3.8, 4) is 0 Å². The van der Waals surface area contributed by atoms with E-state index in [2.05, 4.69) is 0 Å². The van der Waals surface area contributed by atoms with Crippen LogP contribution in [0.4, 0.5) is 17.6 Å². The first kappa shape index (κ1) is 9.76. The quantitative estimate of drug-likeness (QED) is 0.497. The second kappa shape index (κ2) is 2.86. The zero-order valence-corrected chi connectivity index (χ0v) is 6.52. The van der Waals surface area contributed by atoms with Gasteiger partial charge >= 0.3 is 12.2 Å². The van der Waals surface area contributed by atoms with Crippen molar-refractivity contribution in [3.63, 3.8) is 0 Å². The first-order valence-corrected chi connectivity index (χ1v) is 3.27. The van der Waals surface area contributed by atoms with Crippen LogP contribution < -0.4 is 0 Å². The SMILES string of the molecule is Cn1c(C(=O)F)ccc1C(F)(F)F. The van der Waals surface area contributed by atoms with Gasteiger partial charge in [0.1, 0.15) is 11.4 Å². The Hall–Kier alpha value is -1.33. The van der Waals surface area contributed by atoms with Crippen LogP contribution in [-0.4, -0.2) is 10.6 Å². The minimum Gasteiger partial charge on any atom is -0.335 e. The van der Waals surface area contributed by atoms with E-state index in [4.69, 9.17) is 0 Å². The number of rotatable bonds is 1. The molecule has 1 aromatic heterocycles. The van der Waals surface area contributed by atoms with E-state index in [9.17, 15) is 22.4 Å². The summed E-state index contributed by atoms with van der Waals surface area (Å²) in [6, 6.07) is -0.421. The highest BCUT2D eigenvalue weighted by atomic mass is 19.4. The van der Waals surface area contributed by atoms with Crippen LogP contribution in [0.25, 0.3) is 0 Å². The summed E-state index contributed by atoms with van der Waals surface area (Å²) in [5.74, 6) is 0. The van der Waals surface area contributed by atoms with Crippen LogP contribution in [0.1, 0.15) is 16.2 Å². The molecule has 0 radical (unpaired) electrons. The maximum Gasteiger partial charge on any atom is 0.431 e. The fourth-order valence-electron chi connectivity index (χ4n) is 0.993. The zero-order valence-electron chi connectivity index (χ0n) is 6.52. The third-order valence-electron chi connectivity index (χ3n) is 1.61. The van der Waals surface area contributed by atoms with Crippen LogP contribution in [-0.2, 0) is 13.2 Å². The molecular formula is C7H5F4NO. The number of alkyl halides is 3. The Morgan fingerprint density at radius 1 is 1.38 bits per heavy atom. The fraction of sp³-hybridized carbons (Fsp3) is 0.286. The summed E-state index contributed by atoms with van der Waals surface area (Å²) in [5.41, 5.74) is -1.65. The summed E-state index contributed by atoms with van der Waals surface area (Å²) >= 11 is 0. The summed E-state index contributed by atoms with van der Waals surface area (Å²) in [4.78, 5) is 10.2. The molecule has 0 saturated carbocycles. The number of nitrogens with zero attached hydrogens (tertiary/aromatic N) is 1. The lowest BCUT2D eigenvalue weighted by Crippen LogP contribution is -2.13. The third-order valence-corrected chi connectivity index (χ3v) is 1.61. The van der Waals surface area contributed by atoms with Gasteiger partial charge in [0.15, 0.2) is 0 Å². The Morgan fingerprint density at radius 3 is 2.15 bits per heavy atom. The van der Waals surface area contributed by atoms with E-state index < -0.39 is 23.6 Å². The molecule has 0 atom stereocenters. The minimum absolute atomic E-state index is 0.475. The summed E-state index contributed by atoms with van der Waals surface area (Å²) in [6.45, 7) is 0. The van der Waals surface area contributed by atoms with Crippen LogP contribution in [0.5, 0.6) is 0 Å². The van der Waals surface area contributed by atoms with Gasteiger partial charge in [-0.25, -0.2) is 0 Å². The molecule has 1 heterocycles. The third kappa shape index (κ3) is 1.71. The highest BCUT2D eigenvalue weighted by Gasteiger charge is 2.34. The molecule has 2 nitrogen and oxygen atoms in total.